The van der Waals surface area contributed by atoms with Crippen molar-refractivity contribution < 1.29 is 18.7 Å². The normalized spacial score (nSPS) is 10.5. The van der Waals surface area contributed by atoms with Gasteiger partial charge in [0.2, 0.25) is 11.8 Å². The maximum Gasteiger partial charge on any atom is 0.277 e. The quantitative estimate of drug-likeness (QED) is 0.370. The van der Waals surface area contributed by atoms with Crippen molar-refractivity contribution in [1.82, 2.24) is 10.2 Å². The zero-order valence-corrected chi connectivity index (χ0v) is 17.8. The first kappa shape index (κ1) is 21.7. The van der Waals surface area contributed by atoms with E-state index in [-0.39, 0.29) is 17.4 Å². The first-order chi connectivity index (χ1) is 14.4. The maximum absolute atomic E-state index is 12.5. The van der Waals surface area contributed by atoms with Crippen molar-refractivity contribution in [3.8, 4) is 5.75 Å². The number of thioether (sulfide) groups is 1. The molecule has 2 N–H and O–H groups in total. The van der Waals surface area contributed by atoms with E-state index < -0.39 is 0 Å². The van der Waals surface area contributed by atoms with Crippen LogP contribution in [0.4, 0.5) is 11.4 Å². The summed E-state index contributed by atoms with van der Waals surface area (Å²) in [5.41, 5.74) is 1.83. The summed E-state index contributed by atoms with van der Waals surface area (Å²) in [7, 11) is 1.47. The number of amides is 1. The van der Waals surface area contributed by atoms with Crippen LogP contribution in [0.15, 0.2) is 52.1 Å². The van der Waals surface area contributed by atoms with Gasteiger partial charge in [-0.15, -0.1) is 10.2 Å². The van der Waals surface area contributed by atoms with Crippen LogP contribution in [0.1, 0.15) is 23.2 Å². The van der Waals surface area contributed by atoms with Crippen LogP contribution < -0.4 is 15.4 Å². The van der Waals surface area contributed by atoms with Gasteiger partial charge in [-0.1, -0.05) is 23.4 Å². The van der Waals surface area contributed by atoms with Gasteiger partial charge in [0.1, 0.15) is 5.75 Å². The summed E-state index contributed by atoms with van der Waals surface area (Å²) in [4.78, 5) is 23.7. The third-order valence-electron chi connectivity index (χ3n) is 3.90. The van der Waals surface area contributed by atoms with Gasteiger partial charge in [-0.2, -0.15) is 0 Å². The van der Waals surface area contributed by atoms with Gasteiger partial charge in [0, 0.05) is 23.2 Å². The summed E-state index contributed by atoms with van der Waals surface area (Å²) >= 11 is 7.01. The monoisotopic (exact) mass is 446 g/mol. The smallest absolute Gasteiger partial charge is 0.277 e. The van der Waals surface area contributed by atoms with Crippen molar-refractivity contribution in [3.05, 3.63) is 58.9 Å². The van der Waals surface area contributed by atoms with Crippen LogP contribution in [0.2, 0.25) is 5.02 Å². The Morgan fingerprint density at radius 1 is 1.17 bits per heavy atom. The Morgan fingerprint density at radius 3 is 2.63 bits per heavy atom. The first-order valence-corrected chi connectivity index (χ1v) is 10.2. The number of aromatic nitrogens is 2. The standard InChI is InChI=1S/C20H19ClN4O4S/c1-12(26)23-16-8-3-13(9-18(16)28-2)17(27)11-30-20-25-24-19(29-20)10-22-15-6-4-14(21)5-7-15/h3-9,22H,10-11H2,1-2H3,(H,23,26). The van der Waals surface area contributed by atoms with Gasteiger partial charge < -0.3 is 19.8 Å². The Kier molecular flexibility index (Phi) is 7.31. The molecule has 3 aromatic rings. The second-order valence-corrected chi connectivity index (χ2v) is 7.49. The van der Waals surface area contributed by atoms with Crippen LogP contribution in [0.3, 0.4) is 0 Å². The van der Waals surface area contributed by atoms with E-state index in [1.54, 1.807) is 30.3 Å². The van der Waals surface area contributed by atoms with Crippen molar-refractivity contribution in [2.45, 2.75) is 18.7 Å². The molecule has 0 spiro atoms. The summed E-state index contributed by atoms with van der Waals surface area (Å²) < 4.78 is 10.8. The molecule has 30 heavy (non-hydrogen) atoms. The summed E-state index contributed by atoms with van der Waals surface area (Å²) in [5, 5.41) is 14.7. The topological polar surface area (TPSA) is 106 Å². The number of halogens is 1. The Hall–Kier alpha value is -3.04. The fraction of sp³-hybridized carbons (Fsp3) is 0.200. The molecule has 1 heterocycles. The summed E-state index contributed by atoms with van der Waals surface area (Å²) in [5.74, 6) is 0.581. The summed E-state index contributed by atoms with van der Waals surface area (Å²) in [6, 6.07) is 12.1. The average Bonchev–Trinajstić information content (AvgIpc) is 3.19. The Bertz CT molecular complexity index is 1040. The highest BCUT2D eigenvalue weighted by atomic mass is 35.5. The number of nitrogens with one attached hydrogen (secondary N) is 2. The molecule has 0 unspecified atom stereocenters. The predicted octanol–water partition coefficient (Wildman–Crippen LogP) is 4.28. The largest absolute Gasteiger partial charge is 0.495 e. The van der Waals surface area contributed by atoms with Crippen molar-refractivity contribution >= 4 is 46.4 Å². The average molecular weight is 447 g/mol. The number of nitrogens with zero attached hydrogens (tertiary/aromatic N) is 2. The van der Waals surface area contributed by atoms with Crippen molar-refractivity contribution in [2.75, 3.05) is 23.5 Å². The molecule has 0 saturated carbocycles. The first-order valence-electron chi connectivity index (χ1n) is 8.88. The molecule has 1 amide bonds. The second-order valence-electron chi connectivity index (χ2n) is 6.13. The molecule has 0 aliphatic heterocycles. The van der Waals surface area contributed by atoms with Crippen LogP contribution in [-0.4, -0.2) is 34.8 Å². The van der Waals surface area contributed by atoms with E-state index in [0.717, 1.165) is 17.4 Å². The third-order valence-corrected chi connectivity index (χ3v) is 4.97. The van der Waals surface area contributed by atoms with Crippen LogP contribution in [0.5, 0.6) is 5.75 Å². The maximum atomic E-state index is 12.5. The Balaban J connectivity index is 1.54. The molecule has 2 aromatic carbocycles. The number of Topliss-reactive ketones (excluding diaryl/α,β-unsaturated/α-hetero) is 1. The Labute approximate surface area is 182 Å². The summed E-state index contributed by atoms with van der Waals surface area (Å²) in [6.45, 7) is 1.75. The lowest BCUT2D eigenvalue weighted by atomic mass is 10.1. The molecule has 0 aliphatic carbocycles. The Morgan fingerprint density at radius 2 is 1.93 bits per heavy atom. The molecule has 156 valence electrons. The molecule has 8 nitrogen and oxygen atoms in total. The van der Waals surface area contributed by atoms with Crippen molar-refractivity contribution in [2.24, 2.45) is 0 Å². The molecule has 1 aromatic heterocycles. The minimum Gasteiger partial charge on any atom is -0.495 e. The van der Waals surface area contributed by atoms with Gasteiger partial charge in [0.05, 0.1) is 25.1 Å². The van der Waals surface area contributed by atoms with Crippen LogP contribution >= 0.6 is 23.4 Å². The molecule has 10 heteroatoms. The minimum atomic E-state index is -0.222. The number of methoxy groups -OCH3 is 1. The highest BCUT2D eigenvalue weighted by molar-refractivity contribution is 7.99. The number of ketones is 1. The number of anilines is 2. The van der Waals surface area contributed by atoms with Crippen LogP contribution in [-0.2, 0) is 11.3 Å². The zero-order chi connectivity index (χ0) is 21.5. The highest BCUT2D eigenvalue weighted by Crippen LogP contribution is 2.27. The number of hydrogen-bond donors (Lipinski definition) is 2. The number of ether oxygens (including phenoxy) is 1. The lowest BCUT2D eigenvalue weighted by Crippen LogP contribution is -2.09. The fourth-order valence-electron chi connectivity index (χ4n) is 2.48. The fourth-order valence-corrected chi connectivity index (χ4v) is 3.28. The van der Waals surface area contributed by atoms with E-state index in [9.17, 15) is 9.59 Å². The molecule has 3 rings (SSSR count). The number of rotatable bonds is 9. The van der Waals surface area contributed by atoms with Crippen molar-refractivity contribution in [1.29, 1.82) is 0 Å². The lowest BCUT2D eigenvalue weighted by molar-refractivity contribution is -0.114. The van der Waals surface area contributed by atoms with Gasteiger partial charge in [-0.3, -0.25) is 9.59 Å². The second kappa shape index (κ2) is 10.1. The molecule has 0 atom stereocenters. The van der Waals surface area contributed by atoms with Gasteiger partial charge in [0.15, 0.2) is 5.78 Å². The number of benzene rings is 2. The molecular formula is C20H19ClN4O4S. The summed E-state index contributed by atoms with van der Waals surface area (Å²) in [6.07, 6.45) is 0. The molecule has 0 radical (unpaired) electrons. The van der Waals surface area contributed by atoms with E-state index >= 15 is 0 Å². The minimum absolute atomic E-state index is 0.120. The molecule has 0 fully saturated rings. The van der Waals surface area contributed by atoms with Gasteiger partial charge >= 0.3 is 0 Å². The van der Waals surface area contributed by atoms with E-state index in [2.05, 4.69) is 20.8 Å². The van der Waals surface area contributed by atoms with Crippen LogP contribution in [0.25, 0.3) is 0 Å². The van der Waals surface area contributed by atoms with E-state index in [4.69, 9.17) is 20.8 Å². The van der Waals surface area contributed by atoms with Gasteiger partial charge in [0.25, 0.3) is 5.22 Å². The number of carbonyl (C=O) groups is 2. The van der Waals surface area contributed by atoms with E-state index in [0.29, 0.717) is 39.7 Å². The molecule has 0 saturated heterocycles. The molecule has 0 aliphatic rings. The third kappa shape index (κ3) is 5.98. The van der Waals surface area contributed by atoms with E-state index in [1.807, 2.05) is 12.1 Å². The lowest BCUT2D eigenvalue weighted by Gasteiger charge is -2.10. The zero-order valence-electron chi connectivity index (χ0n) is 16.3. The van der Waals surface area contributed by atoms with Crippen molar-refractivity contribution in [3.63, 3.8) is 0 Å². The van der Waals surface area contributed by atoms with Gasteiger partial charge in [-0.25, -0.2) is 0 Å². The molecular weight excluding hydrogens is 428 g/mol. The number of hydrogen-bond acceptors (Lipinski definition) is 8. The van der Waals surface area contributed by atoms with E-state index in [1.165, 1.54) is 14.0 Å². The highest BCUT2D eigenvalue weighted by Gasteiger charge is 2.14. The molecule has 0 bridgehead atoms. The number of carbonyl (C=O) groups excluding carboxylic acids is 2. The predicted molar refractivity (Wildman–Crippen MR) is 115 cm³/mol. The van der Waals surface area contributed by atoms with Gasteiger partial charge in [-0.05, 0) is 42.5 Å². The SMILES string of the molecule is COc1cc(C(=O)CSc2nnc(CNc3ccc(Cl)cc3)o2)ccc1NC(C)=O. The van der Waals surface area contributed by atoms with Crippen LogP contribution in [0, 0.1) is 0 Å².